The molecule has 0 aliphatic heterocycles. The highest BCUT2D eigenvalue weighted by Crippen LogP contribution is 2.30. The molecular formula is C18H15N3O3S. The molecule has 0 saturated heterocycles. The molecule has 0 aliphatic rings. The highest BCUT2D eigenvalue weighted by molar-refractivity contribution is 7.72. The number of benzene rings is 2. The van der Waals surface area contributed by atoms with Crippen LogP contribution in [0.15, 0.2) is 65.7 Å². The Hall–Kier alpha value is -3.19. The maximum atomic E-state index is 11.2. The summed E-state index contributed by atoms with van der Waals surface area (Å²) in [5, 5.41) is 0. The zero-order valence-corrected chi connectivity index (χ0v) is 13.9. The number of carbonyl (C=O) groups is 1. The number of amides is 1. The van der Waals surface area contributed by atoms with Crippen molar-refractivity contribution in [1.29, 1.82) is 0 Å². The van der Waals surface area contributed by atoms with Gasteiger partial charge >= 0.3 is 0 Å². The minimum atomic E-state index is -2.61. The van der Waals surface area contributed by atoms with E-state index in [1.807, 2.05) is 6.07 Å². The maximum absolute atomic E-state index is 11.2. The van der Waals surface area contributed by atoms with Crippen LogP contribution in [0.4, 0.5) is 5.82 Å². The molecule has 3 aromatic rings. The van der Waals surface area contributed by atoms with Gasteiger partial charge in [0.15, 0.2) is 10.7 Å². The molecule has 1 heterocycles. The summed E-state index contributed by atoms with van der Waals surface area (Å²) in [5.74, 6) is -0.141. The third-order valence-electron chi connectivity index (χ3n) is 3.81. The van der Waals surface area contributed by atoms with Crippen LogP contribution in [0.25, 0.3) is 22.3 Å². The van der Waals surface area contributed by atoms with Gasteiger partial charge in [0.1, 0.15) is 5.82 Å². The largest absolute Gasteiger partial charge is 0.383 e. The highest BCUT2D eigenvalue weighted by Gasteiger charge is 2.09. The first-order chi connectivity index (χ1) is 12.0. The summed E-state index contributed by atoms with van der Waals surface area (Å²) in [5.41, 5.74) is 14.8. The van der Waals surface area contributed by atoms with Crippen LogP contribution in [0, 0.1) is 0 Å². The summed E-state index contributed by atoms with van der Waals surface area (Å²) in [6.45, 7) is 0. The minimum absolute atomic E-state index is 0.254. The first kappa shape index (κ1) is 16.7. The normalized spacial score (nSPS) is 10.8. The number of carbonyl (C=O) groups excluding carboxylic acids is 1. The molecule has 0 fully saturated rings. The number of anilines is 1. The van der Waals surface area contributed by atoms with Crippen molar-refractivity contribution in [1.82, 2.24) is 4.98 Å². The van der Waals surface area contributed by atoms with Gasteiger partial charge in [0, 0.05) is 22.9 Å². The average Bonchev–Trinajstić information content (AvgIpc) is 2.62. The number of hydrogen-bond donors (Lipinski definition) is 3. The molecule has 126 valence electrons. The van der Waals surface area contributed by atoms with Crippen molar-refractivity contribution < 1.29 is 13.2 Å². The third-order valence-corrected chi connectivity index (χ3v) is 4.53. The number of hydrogen-bond acceptors (Lipinski definition) is 5. The van der Waals surface area contributed by atoms with E-state index in [0.29, 0.717) is 16.9 Å². The van der Waals surface area contributed by atoms with Crippen molar-refractivity contribution in [2.24, 2.45) is 5.73 Å². The molecule has 6 nitrogen and oxygen atoms in total. The predicted octanol–water partition coefficient (Wildman–Crippen LogP) is 2.07. The summed E-state index contributed by atoms with van der Waals surface area (Å²) >= 11 is 0. The summed E-state index contributed by atoms with van der Waals surface area (Å²) < 4.78 is 22.0. The van der Waals surface area contributed by atoms with Crippen molar-refractivity contribution in [2.75, 3.05) is 5.73 Å². The number of primary amides is 1. The number of nitrogens with two attached hydrogens (primary N) is 2. The van der Waals surface area contributed by atoms with E-state index in [-0.39, 0.29) is 4.90 Å². The SMILES string of the molecule is NC(=O)c1ccc(-c2cc(-c3ccc([SH](=O)=O)cc3)cnc2N)cc1. The van der Waals surface area contributed by atoms with E-state index >= 15 is 0 Å². The third kappa shape index (κ3) is 3.51. The fourth-order valence-electron chi connectivity index (χ4n) is 2.45. The van der Waals surface area contributed by atoms with Crippen LogP contribution in [0.2, 0.25) is 0 Å². The molecule has 0 unspecified atom stereocenters. The molecule has 0 saturated carbocycles. The van der Waals surface area contributed by atoms with Gasteiger partial charge in [0.25, 0.3) is 0 Å². The highest BCUT2D eigenvalue weighted by atomic mass is 32.2. The Morgan fingerprint density at radius 1 is 0.880 bits per heavy atom. The van der Waals surface area contributed by atoms with Crippen LogP contribution in [0.1, 0.15) is 10.4 Å². The first-order valence-corrected chi connectivity index (χ1v) is 8.54. The molecule has 0 radical (unpaired) electrons. The Balaban J connectivity index is 2.01. The van der Waals surface area contributed by atoms with Crippen molar-refractivity contribution >= 4 is 22.4 Å². The van der Waals surface area contributed by atoms with Gasteiger partial charge in [-0.05, 0) is 41.5 Å². The van der Waals surface area contributed by atoms with E-state index in [4.69, 9.17) is 11.5 Å². The van der Waals surface area contributed by atoms with E-state index < -0.39 is 16.6 Å². The number of pyridine rings is 1. The molecule has 0 atom stereocenters. The van der Waals surface area contributed by atoms with E-state index in [9.17, 15) is 13.2 Å². The van der Waals surface area contributed by atoms with Crippen molar-refractivity contribution in [2.45, 2.75) is 4.90 Å². The fourth-order valence-corrected chi connectivity index (χ4v) is 2.85. The molecule has 0 bridgehead atoms. The van der Waals surface area contributed by atoms with Crippen LogP contribution in [0.5, 0.6) is 0 Å². The van der Waals surface area contributed by atoms with E-state index in [1.54, 1.807) is 54.7 Å². The van der Waals surface area contributed by atoms with Crippen LogP contribution in [-0.2, 0) is 10.7 Å². The number of thiol groups is 1. The van der Waals surface area contributed by atoms with E-state index in [0.717, 1.165) is 16.7 Å². The van der Waals surface area contributed by atoms with E-state index in [2.05, 4.69) is 4.98 Å². The quantitative estimate of drug-likeness (QED) is 0.621. The predicted molar refractivity (Wildman–Crippen MR) is 96.6 cm³/mol. The van der Waals surface area contributed by atoms with Gasteiger partial charge in [-0.25, -0.2) is 13.4 Å². The first-order valence-electron chi connectivity index (χ1n) is 7.36. The molecule has 0 spiro atoms. The van der Waals surface area contributed by atoms with Gasteiger partial charge in [-0.2, -0.15) is 0 Å². The minimum Gasteiger partial charge on any atom is -0.383 e. The zero-order valence-electron chi connectivity index (χ0n) is 13.0. The lowest BCUT2D eigenvalue weighted by Gasteiger charge is -2.09. The molecule has 7 heteroatoms. The zero-order chi connectivity index (χ0) is 18.0. The number of nitrogens with zero attached hydrogens (tertiary/aromatic N) is 1. The molecule has 4 N–H and O–H groups in total. The Bertz CT molecular complexity index is 1000. The Kier molecular flexibility index (Phi) is 4.49. The lowest BCUT2D eigenvalue weighted by atomic mass is 10.00. The van der Waals surface area contributed by atoms with Gasteiger partial charge in [-0.1, -0.05) is 24.3 Å². The van der Waals surface area contributed by atoms with Crippen LogP contribution in [-0.4, -0.2) is 19.3 Å². The number of nitrogen functional groups attached to an aromatic ring is 1. The van der Waals surface area contributed by atoms with Crippen LogP contribution >= 0.6 is 0 Å². The molecular weight excluding hydrogens is 338 g/mol. The second kappa shape index (κ2) is 6.74. The molecule has 2 aromatic carbocycles. The van der Waals surface area contributed by atoms with Crippen LogP contribution < -0.4 is 11.5 Å². The van der Waals surface area contributed by atoms with Crippen molar-refractivity contribution in [3.05, 3.63) is 66.4 Å². The molecule has 25 heavy (non-hydrogen) atoms. The molecule has 1 amide bonds. The maximum Gasteiger partial charge on any atom is 0.248 e. The summed E-state index contributed by atoms with van der Waals surface area (Å²) in [4.78, 5) is 15.6. The molecule has 0 aliphatic carbocycles. The summed E-state index contributed by atoms with van der Waals surface area (Å²) in [6.07, 6.45) is 1.63. The van der Waals surface area contributed by atoms with Gasteiger partial charge in [-0.15, -0.1) is 0 Å². The lowest BCUT2D eigenvalue weighted by molar-refractivity contribution is 0.100. The number of rotatable bonds is 4. The smallest absolute Gasteiger partial charge is 0.248 e. The summed E-state index contributed by atoms with van der Waals surface area (Å²) in [7, 11) is -2.61. The standard InChI is InChI=1S/C18H15N3O3S/c19-17-16(12-1-3-13(4-2-12)18(20)22)9-14(10-21-17)11-5-7-15(8-6-11)25(23)24/h1-10,25H,(H2,19,21)(H2,20,22). The fraction of sp³-hybridized carbons (Fsp3) is 0. The van der Waals surface area contributed by atoms with Crippen molar-refractivity contribution in [3.63, 3.8) is 0 Å². The summed E-state index contributed by atoms with van der Waals surface area (Å²) in [6, 6.07) is 15.1. The molecule has 3 rings (SSSR count). The second-order valence-electron chi connectivity index (χ2n) is 5.40. The average molecular weight is 353 g/mol. The van der Waals surface area contributed by atoms with Gasteiger partial charge in [0.2, 0.25) is 5.91 Å². The number of aromatic nitrogens is 1. The van der Waals surface area contributed by atoms with Gasteiger partial charge < -0.3 is 11.5 Å². The Morgan fingerprint density at radius 2 is 1.48 bits per heavy atom. The van der Waals surface area contributed by atoms with Gasteiger partial charge in [-0.3, -0.25) is 4.79 Å². The molecule has 1 aromatic heterocycles. The Labute approximate surface area is 146 Å². The topological polar surface area (TPSA) is 116 Å². The lowest BCUT2D eigenvalue weighted by Crippen LogP contribution is -2.10. The van der Waals surface area contributed by atoms with Crippen LogP contribution in [0.3, 0.4) is 0 Å². The Morgan fingerprint density at radius 3 is 2.04 bits per heavy atom. The monoisotopic (exact) mass is 353 g/mol. The van der Waals surface area contributed by atoms with Crippen molar-refractivity contribution in [3.8, 4) is 22.3 Å². The van der Waals surface area contributed by atoms with E-state index in [1.165, 1.54) is 0 Å². The second-order valence-corrected chi connectivity index (χ2v) is 6.43. The van der Waals surface area contributed by atoms with Gasteiger partial charge in [0.05, 0.1) is 4.90 Å².